The van der Waals surface area contributed by atoms with Gasteiger partial charge in [-0.05, 0) is 24.1 Å². The monoisotopic (exact) mass is 358 g/mol. The van der Waals surface area contributed by atoms with Gasteiger partial charge in [0, 0.05) is 23.8 Å². The molecule has 1 aliphatic carbocycles. The Balaban J connectivity index is 2.38. The first-order valence-corrected chi connectivity index (χ1v) is 7.29. The van der Waals surface area contributed by atoms with Crippen LogP contribution in [-0.4, -0.2) is 38.2 Å². The second-order valence-corrected chi connectivity index (χ2v) is 5.57. The Hall–Kier alpha value is -3.66. The van der Waals surface area contributed by atoms with Crippen molar-refractivity contribution < 1.29 is 29.6 Å². The molecule has 1 aliphatic rings. The predicted octanol–water partition coefficient (Wildman–Crippen LogP) is 1.52. The van der Waals surface area contributed by atoms with Crippen LogP contribution in [0.15, 0.2) is 24.3 Å². The SMILES string of the molecule is O=C1c2cc(CCO)cc([N+](=O)[O-])c2C(=O)c2cc(O)cc([N+](=O)[O-])c21. The average Bonchev–Trinajstić information content (AvgIpc) is 2.58. The van der Waals surface area contributed by atoms with Crippen LogP contribution in [0.2, 0.25) is 0 Å². The highest BCUT2D eigenvalue weighted by atomic mass is 16.6. The Labute approximate surface area is 144 Å². The lowest BCUT2D eigenvalue weighted by Gasteiger charge is -2.18. The lowest BCUT2D eigenvalue weighted by atomic mass is 9.81. The van der Waals surface area contributed by atoms with E-state index in [9.17, 15) is 34.9 Å². The summed E-state index contributed by atoms with van der Waals surface area (Å²) in [6.07, 6.45) is 0.000118. The highest BCUT2D eigenvalue weighted by molar-refractivity contribution is 6.31. The number of hydrogen-bond acceptors (Lipinski definition) is 8. The van der Waals surface area contributed by atoms with Gasteiger partial charge in [0.1, 0.15) is 16.9 Å². The lowest BCUT2D eigenvalue weighted by Crippen LogP contribution is -2.24. The van der Waals surface area contributed by atoms with Crippen molar-refractivity contribution in [2.75, 3.05) is 6.61 Å². The molecule has 0 unspecified atom stereocenters. The number of phenolic OH excluding ortho intramolecular Hbond substituents is 1. The molecule has 0 heterocycles. The summed E-state index contributed by atoms with van der Waals surface area (Å²) in [5.74, 6) is -2.50. The molecule has 0 aromatic heterocycles. The quantitative estimate of drug-likeness (QED) is 0.524. The van der Waals surface area contributed by atoms with Crippen molar-refractivity contribution in [3.63, 3.8) is 0 Å². The van der Waals surface area contributed by atoms with E-state index in [1.165, 1.54) is 6.07 Å². The Morgan fingerprint density at radius 3 is 1.85 bits per heavy atom. The number of carbonyl (C=O) groups is 2. The van der Waals surface area contributed by atoms with Crippen LogP contribution in [0.3, 0.4) is 0 Å². The fraction of sp³-hybridized carbons (Fsp3) is 0.125. The number of hydrogen-bond donors (Lipinski definition) is 2. The molecule has 0 saturated heterocycles. The Bertz CT molecular complexity index is 1010. The topological polar surface area (TPSA) is 161 Å². The number of nitro benzene ring substituents is 2. The summed E-state index contributed by atoms with van der Waals surface area (Å²) in [5, 5.41) is 41.3. The fourth-order valence-corrected chi connectivity index (χ4v) is 2.96. The predicted molar refractivity (Wildman–Crippen MR) is 85.5 cm³/mol. The number of aliphatic hydroxyl groups excluding tert-OH is 1. The van der Waals surface area contributed by atoms with Gasteiger partial charge in [-0.1, -0.05) is 0 Å². The third-order valence-electron chi connectivity index (χ3n) is 4.02. The van der Waals surface area contributed by atoms with Crippen LogP contribution in [0.25, 0.3) is 0 Å². The zero-order valence-electron chi connectivity index (χ0n) is 13.0. The third-order valence-corrected chi connectivity index (χ3v) is 4.02. The maximum absolute atomic E-state index is 12.8. The van der Waals surface area contributed by atoms with Crippen molar-refractivity contribution in [3.8, 4) is 5.75 Å². The van der Waals surface area contributed by atoms with E-state index in [0.29, 0.717) is 0 Å². The van der Waals surface area contributed by atoms with Gasteiger partial charge in [-0.3, -0.25) is 29.8 Å². The summed E-state index contributed by atoms with van der Waals surface area (Å²) >= 11 is 0. The minimum Gasteiger partial charge on any atom is -0.508 e. The number of fused-ring (bicyclic) bond motifs is 2. The smallest absolute Gasteiger partial charge is 0.285 e. The molecular formula is C16H10N2O8. The first-order valence-electron chi connectivity index (χ1n) is 7.29. The Morgan fingerprint density at radius 2 is 1.35 bits per heavy atom. The number of nitrogens with zero attached hydrogens (tertiary/aromatic N) is 2. The van der Waals surface area contributed by atoms with Gasteiger partial charge >= 0.3 is 0 Å². The van der Waals surface area contributed by atoms with Gasteiger partial charge in [0.2, 0.25) is 11.6 Å². The molecule has 3 rings (SSSR count). The van der Waals surface area contributed by atoms with Gasteiger partial charge in [0.15, 0.2) is 0 Å². The summed E-state index contributed by atoms with van der Waals surface area (Å²) in [5.41, 5.74) is -2.99. The molecule has 10 nitrogen and oxygen atoms in total. The van der Waals surface area contributed by atoms with E-state index in [0.717, 1.165) is 18.2 Å². The molecular weight excluding hydrogens is 348 g/mol. The zero-order chi connectivity index (χ0) is 19.2. The normalized spacial score (nSPS) is 12.5. The molecule has 10 heteroatoms. The molecule has 26 heavy (non-hydrogen) atoms. The molecule has 2 N–H and O–H groups in total. The summed E-state index contributed by atoms with van der Waals surface area (Å²) in [7, 11) is 0. The van der Waals surface area contributed by atoms with E-state index in [2.05, 4.69) is 0 Å². The van der Waals surface area contributed by atoms with E-state index < -0.39 is 55.2 Å². The number of benzene rings is 2. The van der Waals surface area contributed by atoms with Crippen LogP contribution in [0.1, 0.15) is 37.4 Å². The summed E-state index contributed by atoms with van der Waals surface area (Å²) in [6.45, 7) is -0.345. The minimum atomic E-state index is -0.962. The molecule has 0 bridgehead atoms. The van der Waals surface area contributed by atoms with E-state index in [1.807, 2.05) is 0 Å². The number of aromatic hydroxyl groups is 1. The molecule has 2 aromatic rings. The molecule has 0 aliphatic heterocycles. The molecule has 0 atom stereocenters. The van der Waals surface area contributed by atoms with Crippen LogP contribution < -0.4 is 0 Å². The number of aliphatic hydroxyl groups is 1. The number of rotatable bonds is 4. The second kappa shape index (κ2) is 6.01. The summed E-state index contributed by atoms with van der Waals surface area (Å²) < 4.78 is 0. The van der Waals surface area contributed by atoms with Gasteiger partial charge in [0.05, 0.1) is 15.9 Å². The first kappa shape index (κ1) is 17.2. The van der Waals surface area contributed by atoms with E-state index in [4.69, 9.17) is 5.11 Å². The van der Waals surface area contributed by atoms with Gasteiger partial charge in [0.25, 0.3) is 11.4 Å². The van der Waals surface area contributed by atoms with Gasteiger partial charge in [-0.2, -0.15) is 0 Å². The van der Waals surface area contributed by atoms with Crippen LogP contribution in [0.4, 0.5) is 11.4 Å². The number of nitro groups is 2. The highest BCUT2D eigenvalue weighted by Gasteiger charge is 2.40. The van der Waals surface area contributed by atoms with Crippen LogP contribution in [0.5, 0.6) is 5.75 Å². The van der Waals surface area contributed by atoms with Crippen molar-refractivity contribution in [3.05, 3.63) is 72.3 Å². The second-order valence-electron chi connectivity index (χ2n) is 5.57. The molecule has 0 spiro atoms. The number of ketones is 2. The Morgan fingerprint density at radius 1 is 0.846 bits per heavy atom. The van der Waals surface area contributed by atoms with E-state index in [-0.39, 0.29) is 24.2 Å². The maximum Gasteiger partial charge on any atom is 0.285 e. The minimum absolute atomic E-state index is 0.000118. The maximum atomic E-state index is 12.8. The average molecular weight is 358 g/mol. The van der Waals surface area contributed by atoms with Gasteiger partial charge in [-0.15, -0.1) is 0 Å². The zero-order valence-corrected chi connectivity index (χ0v) is 13.0. The van der Waals surface area contributed by atoms with Gasteiger partial charge in [-0.25, -0.2) is 0 Å². The highest BCUT2D eigenvalue weighted by Crippen LogP contribution is 2.39. The molecule has 2 aromatic carbocycles. The van der Waals surface area contributed by atoms with Crippen molar-refractivity contribution in [2.45, 2.75) is 6.42 Å². The van der Waals surface area contributed by atoms with Gasteiger partial charge < -0.3 is 10.2 Å². The van der Waals surface area contributed by atoms with Crippen molar-refractivity contribution in [1.29, 1.82) is 0 Å². The van der Waals surface area contributed by atoms with Crippen molar-refractivity contribution in [1.82, 2.24) is 0 Å². The standard InChI is InChI=1S/C16H10N2O8/c19-2-1-7-3-9-13(11(4-7)17(23)24)16(22)10-5-8(20)6-12(18(25)26)14(10)15(9)21/h3-6,19-20H,1-2H2. The van der Waals surface area contributed by atoms with Crippen LogP contribution in [0, 0.1) is 20.2 Å². The largest absolute Gasteiger partial charge is 0.508 e. The van der Waals surface area contributed by atoms with Crippen LogP contribution in [-0.2, 0) is 6.42 Å². The summed E-state index contributed by atoms with van der Waals surface area (Å²) in [4.78, 5) is 46.4. The number of carbonyl (C=O) groups excluding carboxylic acids is 2. The lowest BCUT2D eigenvalue weighted by molar-refractivity contribution is -0.385. The number of phenols is 1. The molecule has 132 valence electrons. The third kappa shape index (κ3) is 2.48. The van der Waals surface area contributed by atoms with E-state index in [1.54, 1.807) is 0 Å². The van der Waals surface area contributed by atoms with Crippen molar-refractivity contribution in [2.24, 2.45) is 0 Å². The van der Waals surface area contributed by atoms with Crippen LogP contribution >= 0.6 is 0 Å². The Kier molecular flexibility index (Phi) is 3.97. The van der Waals surface area contributed by atoms with Crippen molar-refractivity contribution >= 4 is 22.9 Å². The summed E-state index contributed by atoms with van der Waals surface area (Å²) in [6, 6.07) is 3.89. The van der Waals surface area contributed by atoms with E-state index >= 15 is 0 Å². The molecule has 0 amide bonds. The molecule has 0 saturated carbocycles. The molecule has 0 radical (unpaired) electrons. The molecule has 0 fully saturated rings. The fourth-order valence-electron chi connectivity index (χ4n) is 2.96. The first-order chi connectivity index (χ1) is 12.3.